The normalized spacial score (nSPS) is 19.7. The number of pyridine rings is 1. The molecule has 1 saturated carbocycles. The molecule has 1 fully saturated rings. The highest BCUT2D eigenvalue weighted by Gasteiger charge is 2.24. The Morgan fingerprint density at radius 1 is 1.33 bits per heavy atom. The lowest BCUT2D eigenvalue weighted by molar-refractivity contribution is -0.110. The van der Waals surface area contributed by atoms with Gasteiger partial charge in [0.1, 0.15) is 6.29 Å². The minimum Gasteiger partial charge on any atom is -0.303 e. The maximum absolute atomic E-state index is 11.2. The average molecular weight is 203 g/mol. The van der Waals surface area contributed by atoms with Crippen LogP contribution in [-0.4, -0.2) is 11.3 Å². The lowest BCUT2D eigenvalue weighted by Gasteiger charge is -2.26. The van der Waals surface area contributed by atoms with Crippen LogP contribution in [0.25, 0.3) is 0 Å². The van der Waals surface area contributed by atoms with Crippen molar-refractivity contribution in [2.45, 2.75) is 38.0 Å². The molecule has 0 radical (unpaired) electrons. The number of hydrogen-bond acceptors (Lipinski definition) is 2. The number of rotatable bonds is 3. The van der Waals surface area contributed by atoms with Crippen LogP contribution in [0.1, 0.15) is 43.6 Å². The van der Waals surface area contributed by atoms with Gasteiger partial charge in [0.05, 0.1) is 0 Å². The van der Waals surface area contributed by atoms with E-state index in [0.29, 0.717) is 5.92 Å². The van der Waals surface area contributed by atoms with Crippen LogP contribution >= 0.6 is 0 Å². The highest BCUT2D eigenvalue weighted by atomic mass is 16.1. The van der Waals surface area contributed by atoms with Crippen molar-refractivity contribution in [2.24, 2.45) is 5.92 Å². The molecule has 1 atom stereocenters. The summed E-state index contributed by atoms with van der Waals surface area (Å²) in [5, 5.41) is 0. The SMILES string of the molecule is O=CC(c1cccnc1)C1CCCCC1. The fraction of sp³-hybridized carbons (Fsp3) is 0.538. The lowest BCUT2D eigenvalue weighted by atomic mass is 9.78. The van der Waals surface area contributed by atoms with E-state index in [2.05, 4.69) is 4.98 Å². The first-order valence-corrected chi connectivity index (χ1v) is 5.77. The molecular formula is C13H17NO. The van der Waals surface area contributed by atoms with Gasteiger partial charge in [0, 0.05) is 18.3 Å². The minimum atomic E-state index is 0.0685. The molecule has 1 aromatic rings. The van der Waals surface area contributed by atoms with Gasteiger partial charge in [0.25, 0.3) is 0 Å². The summed E-state index contributed by atoms with van der Waals surface area (Å²) in [4.78, 5) is 15.3. The van der Waals surface area contributed by atoms with Gasteiger partial charge in [-0.05, 0) is 30.4 Å². The highest BCUT2D eigenvalue weighted by Crippen LogP contribution is 2.34. The molecule has 0 N–H and O–H groups in total. The van der Waals surface area contributed by atoms with Crippen molar-refractivity contribution in [1.82, 2.24) is 4.98 Å². The summed E-state index contributed by atoms with van der Waals surface area (Å²) in [7, 11) is 0. The quantitative estimate of drug-likeness (QED) is 0.707. The monoisotopic (exact) mass is 203 g/mol. The smallest absolute Gasteiger partial charge is 0.127 e. The van der Waals surface area contributed by atoms with E-state index in [9.17, 15) is 4.79 Å². The van der Waals surface area contributed by atoms with Gasteiger partial charge in [-0.1, -0.05) is 25.3 Å². The maximum Gasteiger partial charge on any atom is 0.127 e. The Morgan fingerprint density at radius 3 is 2.73 bits per heavy atom. The number of carbonyl (C=O) groups excluding carboxylic acids is 1. The van der Waals surface area contributed by atoms with Crippen molar-refractivity contribution >= 4 is 6.29 Å². The summed E-state index contributed by atoms with van der Waals surface area (Å²) in [5.74, 6) is 0.611. The van der Waals surface area contributed by atoms with Gasteiger partial charge < -0.3 is 4.79 Å². The zero-order valence-electron chi connectivity index (χ0n) is 8.93. The molecule has 0 bridgehead atoms. The molecule has 0 aromatic carbocycles. The van der Waals surface area contributed by atoms with Crippen molar-refractivity contribution < 1.29 is 4.79 Å². The first-order valence-electron chi connectivity index (χ1n) is 5.77. The number of aldehydes is 1. The first-order chi connectivity index (χ1) is 7.42. The Balaban J connectivity index is 2.12. The van der Waals surface area contributed by atoms with E-state index in [0.717, 1.165) is 11.8 Å². The standard InChI is InChI=1S/C13H17NO/c15-10-13(11-5-2-1-3-6-11)12-7-4-8-14-9-12/h4,7-11,13H,1-3,5-6H2. The van der Waals surface area contributed by atoms with Gasteiger partial charge in [0.15, 0.2) is 0 Å². The number of hydrogen-bond donors (Lipinski definition) is 0. The van der Waals surface area contributed by atoms with E-state index in [-0.39, 0.29) is 5.92 Å². The van der Waals surface area contributed by atoms with Gasteiger partial charge in [-0.3, -0.25) is 4.98 Å². The Labute approximate surface area is 90.7 Å². The van der Waals surface area contributed by atoms with Gasteiger partial charge >= 0.3 is 0 Å². The fourth-order valence-electron chi connectivity index (χ4n) is 2.53. The Kier molecular flexibility index (Phi) is 3.49. The van der Waals surface area contributed by atoms with Crippen LogP contribution in [0.15, 0.2) is 24.5 Å². The van der Waals surface area contributed by atoms with E-state index >= 15 is 0 Å². The molecule has 80 valence electrons. The summed E-state index contributed by atoms with van der Waals surface area (Å²) in [6.07, 6.45) is 10.9. The summed E-state index contributed by atoms with van der Waals surface area (Å²) in [6, 6.07) is 3.93. The number of aromatic nitrogens is 1. The summed E-state index contributed by atoms with van der Waals surface area (Å²) in [6.45, 7) is 0. The van der Waals surface area contributed by atoms with Crippen LogP contribution in [0.5, 0.6) is 0 Å². The molecule has 0 saturated heterocycles. The van der Waals surface area contributed by atoms with Crippen molar-refractivity contribution in [3.63, 3.8) is 0 Å². The second-order valence-corrected chi connectivity index (χ2v) is 4.35. The van der Waals surface area contributed by atoms with E-state index in [1.165, 1.54) is 32.1 Å². The molecule has 1 aromatic heterocycles. The molecule has 1 aliphatic rings. The zero-order chi connectivity index (χ0) is 10.5. The Hall–Kier alpha value is -1.18. The zero-order valence-corrected chi connectivity index (χ0v) is 8.93. The third-order valence-electron chi connectivity index (χ3n) is 3.37. The van der Waals surface area contributed by atoms with Crippen molar-refractivity contribution in [1.29, 1.82) is 0 Å². The third kappa shape index (κ3) is 2.44. The average Bonchev–Trinajstić information content (AvgIpc) is 2.33. The molecule has 0 aliphatic heterocycles. The van der Waals surface area contributed by atoms with Crippen LogP contribution in [0.2, 0.25) is 0 Å². The van der Waals surface area contributed by atoms with Crippen LogP contribution < -0.4 is 0 Å². The van der Waals surface area contributed by atoms with Gasteiger partial charge in [-0.15, -0.1) is 0 Å². The largest absolute Gasteiger partial charge is 0.303 e. The summed E-state index contributed by atoms with van der Waals surface area (Å²) < 4.78 is 0. The van der Waals surface area contributed by atoms with E-state index in [1.54, 1.807) is 6.20 Å². The van der Waals surface area contributed by atoms with E-state index in [1.807, 2.05) is 18.3 Å². The molecule has 1 heterocycles. The second-order valence-electron chi connectivity index (χ2n) is 4.35. The van der Waals surface area contributed by atoms with Crippen LogP contribution in [0.4, 0.5) is 0 Å². The number of carbonyl (C=O) groups is 1. The molecule has 1 unspecified atom stereocenters. The Morgan fingerprint density at radius 2 is 2.13 bits per heavy atom. The van der Waals surface area contributed by atoms with Gasteiger partial charge in [0.2, 0.25) is 0 Å². The second kappa shape index (κ2) is 5.06. The highest BCUT2D eigenvalue weighted by molar-refractivity contribution is 5.62. The molecular weight excluding hydrogens is 186 g/mol. The topological polar surface area (TPSA) is 30.0 Å². The molecule has 15 heavy (non-hydrogen) atoms. The van der Waals surface area contributed by atoms with Gasteiger partial charge in [-0.25, -0.2) is 0 Å². The van der Waals surface area contributed by atoms with Gasteiger partial charge in [-0.2, -0.15) is 0 Å². The third-order valence-corrected chi connectivity index (χ3v) is 3.37. The van der Waals surface area contributed by atoms with Crippen molar-refractivity contribution in [2.75, 3.05) is 0 Å². The van der Waals surface area contributed by atoms with E-state index < -0.39 is 0 Å². The minimum absolute atomic E-state index is 0.0685. The summed E-state index contributed by atoms with van der Waals surface area (Å²) >= 11 is 0. The fourth-order valence-corrected chi connectivity index (χ4v) is 2.53. The van der Waals surface area contributed by atoms with Crippen molar-refractivity contribution in [3.8, 4) is 0 Å². The van der Waals surface area contributed by atoms with Crippen molar-refractivity contribution in [3.05, 3.63) is 30.1 Å². The molecule has 2 heteroatoms. The molecule has 1 aliphatic carbocycles. The molecule has 2 nitrogen and oxygen atoms in total. The van der Waals surface area contributed by atoms with Crippen LogP contribution in [0, 0.1) is 5.92 Å². The van der Waals surface area contributed by atoms with Crippen LogP contribution in [-0.2, 0) is 4.79 Å². The molecule has 2 rings (SSSR count). The predicted molar refractivity (Wildman–Crippen MR) is 59.6 cm³/mol. The van der Waals surface area contributed by atoms with E-state index in [4.69, 9.17) is 0 Å². The first kappa shape index (κ1) is 10.3. The molecule has 0 spiro atoms. The maximum atomic E-state index is 11.2. The Bertz CT molecular complexity index is 304. The molecule has 0 amide bonds. The predicted octanol–water partition coefficient (Wildman–Crippen LogP) is 2.94. The van der Waals surface area contributed by atoms with Crippen LogP contribution in [0.3, 0.4) is 0 Å². The number of nitrogens with zero attached hydrogens (tertiary/aromatic N) is 1. The lowest BCUT2D eigenvalue weighted by Crippen LogP contribution is -2.17. The summed E-state index contributed by atoms with van der Waals surface area (Å²) in [5.41, 5.74) is 1.08.